The molecule has 1 unspecified atom stereocenters. The summed E-state index contributed by atoms with van der Waals surface area (Å²) in [5, 5.41) is 5.34. The smallest absolute Gasteiger partial charge is 0.344 e. The Morgan fingerprint density at radius 2 is 1.78 bits per heavy atom. The molecule has 0 N–H and O–H groups in total. The molecule has 0 saturated carbocycles. The molecule has 0 radical (unpaired) electrons. The number of ether oxygens (including phenoxy) is 1. The Balaban J connectivity index is 1.54. The minimum Gasteiger partial charge on any atom is -0.437 e. The van der Waals surface area contributed by atoms with Crippen molar-refractivity contribution in [1.82, 2.24) is 24.6 Å². The van der Waals surface area contributed by atoms with Gasteiger partial charge in [-0.05, 0) is 48.2 Å². The van der Waals surface area contributed by atoms with E-state index in [1.165, 1.54) is 0 Å². The summed E-state index contributed by atoms with van der Waals surface area (Å²) in [5.74, 6) is 0.865. The Bertz CT molecular complexity index is 1830. The summed E-state index contributed by atoms with van der Waals surface area (Å²) in [6.45, 7) is 0. The lowest BCUT2D eigenvalue weighted by Gasteiger charge is -2.27. The van der Waals surface area contributed by atoms with E-state index in [0.717, 1.165) is 16.0 Å². The molecule has 4 aromatic heterocycles. The molecule has 5 heterocycles. The standard InChI is InChI=1S/C27H17N5O3S/c1-36-17-8-6-15(7-9-17)20-21-23(18-4-2-3-5-19(18)34-27(21)33)35-26-22(20)25-30-24(31-32(25)14-29-26)16-10-12-28-13-11-16/h2-14,20H,1H3. The number of hydrogen-bond acceptors (Lipinski definition) is 8. The number of aromatic nitrogens is 5. The molecule has 0 aliphatic carbocycles. The van der Waals surface area contributed by atoms with Crippen molar-refractivity contribution < 1.29 is 9.15 Å². The highest BCUT2D eigenvalue weighted by atomic mass is 32.2. The molecule has 8 nitrogen and oxygen atoms in total. The van der Waals surface area contributed by atoms with Crippen LogP contribution in [0.3, 0.4) is 0 Å². The molecule has 0 saturated heterocycles. The van der Waals surface area contributed by atoms with E-state index in [9.17, 15) is 4.79 Å². The van der Waals surface area contributed by atoms with Crippen LogP contribution >= 0.6 is 11.8 Å². The van der Waals surface area contributed by atoms with Crippen LogP contribution in [0.15, 0.2) is 93.5 Å². The molecule has 0 bridgehead atoms. The molecule has 7 rings (SSSR count). The molecule has 6 aromatic rings. The van der Waals surface area contributed by atoms with E-state index in [-0.39, 0.29) is 0 Å². The first-order valence-electron chi connectivity index (χ1n) is 11.2. The van der Waals surface area contributed by atoms with Gasteiger partial charge < -0.3 is 9.15 Å². The fraction of sp³-hybridized carbons (Fsp3) is 0.0741. The zero-order valence-corrected chi connectivity index (χ0v) is 19.8. The van der Waals surface area contributed by atoms with Crippen molar-refractivity contribution in [3.63, 3.8) is 0 Å². The maximum Gasteiger partial charge on any atom is 0.344 e. The lowest BCUT2D eigenvalue weighted by Crippen LogP contribution is -2.22. The lowest BCUT2D eigenvalue weighted by molar-refractivity contribution is 0.422. The first-order chi connectivity index (χ1) is 17.7. The zero-order valence-electron chi connectivity index (χ0n) is 19.0. The van der Waals surface area contributed by atoms with E-state index in [2.05, 4.69) is 15.1 Å². The average Bonchev–Trinajstić information content (AvgIpc) is 3.37. The van der Waals surface area contributed by atoms with Crippen LogP contribution in [0, 0.1) is 0 Å². The van der Waals surface area contributed by atoms with Gasteiger partial charge in [0.15, 0.2) is 17.2 Å². The van der Waals surface area contributed by atoms with Gasteiger partial charge >= 0.3 is 5.63 Å². The summed E-state index contributed by atoms with van der Waals surface area (Å²) in [7, 11) is 0. The summed E-state index contributed by atoms with van der Waals surface area (Å²) in [6.07, 6.45) is 7.00. The summed E-state index contributed by atoms with van der Waals surface area (Å²) < 4.78 is 13.7. The number of thioether (sulfide) groups is 1. The SMILES string of the molecule is CSc1ccc(C2c3c(c4ccccc4oc3=O)Oc3ncn4nc(-c5ccncc5)nc4c32)cc1. The minimum absolute atomic E-state index is 0.387. The van der Waals surface area contributed by atoms with Crippen molar-refractivity contribution in [2.45, 2.75) is 10.8 Å². The van der Waals surface area contributed by atoms with Gasteiger partial charge in [0, 0.05) is 22.9 Å². The third-order valence-electron chi connectivity index (χ3n) is 6.35. The van der Waals surface area contributed by atoms with E-state index in [1.807, 2.05) is 60.9 Å². The molecule has 0 fully saturated rings. The maximum absolute atomic E-state index is 13.4. The second-order valence-corrected chi connectivity index (χ2v) is 9.22. The van der Waals surface area contributed by atoms with Crippen LogP contribution in [0.4, 0.5) is 0 Å². The van der Waals surface area contributed by atoms with E-state index in [0.29, 0.717) is 45.2 Å². The first-order valence-corrected chi connectivity index (χ1v) is 12.5. The van der Waals surface area contributed by atoms with E-state index in [4.69, 9.17) is 14.1 Å². The Morgan fingerprint density at radius 3 is 2.58 bits per heavy atom. The third kappa shape index (κ3) is 3.13. The van der Waals surface area contributed by atoms with Crippen molar-refractivity contribution in [2.75, 3.05) is 6.26 Å². The van der Waals surface area contributed by atoms with Gasteiger partial charge in [-0.25, -0.2) is 19.3 Å². The van der Waals surface area contributed by atoms with Gasteiger partial charge in [-0.15, -0.1) is 16.9 Å². The molecule has 1 aliphatic heterocycles. The van der Waals surface area contributed by atoms with Crippen LogP contribution in [0.5, 0.6) is 11.6 Å². The predicted molar refractivity (Wildman–Crippen MR) is 136 cm³/mol. The first kappa shape index (κ1) is 20.8. The number of nitrogens with zero attached hydrogens (tertiary/aromatic N) is 5. The predicted octanol–water partition coefficient (Wildman–Crippen LogP) is 5.30. The highest BCUT2D eigenvalue weighted by molar-refractivity contribution is 7.98. The molecule has 1 atom stereocenters. The monoisotopic (exact) mass is 491 g/mol. The Labute approximate surface area is 208 Å². The van der Waals surface area contributed by atoms with Crippen molar-refractivity contribution in [3.8, 4) is 23.0 Å². The van der Waals surface area contributed by atoms with Crippen molar-refractivity contribution in [1.29, 1.82) is 0 Å². The highest BCUT2D eigenvalue weighted by Crippen LogP contribution is 2.48. The highest BCUT2D eigenvalue weighted by Gasteiger charge is 2.37. The molecule has 1 aliphatic rings. The largest absolute Gasteiger partial charge is 0.437 e. The number of para-hydroxylation sites is 1. The Morgan fingerprint density at radius 1 is 0.972 bits per heavy atom. The number of pyridine rings is 1. The number of hydrogen-bond donors (Lipinski definition) is 0. The van der Waals surface area contributed by atoms with Crippen LogP contribution in [0.2, 0.25) is 0 Å². The average molecular weight is 492 g/mol. The molecule has 36 heavy (non-hydrogen) atoms. The van der Waals surface area contributed by atoms with Gasteiger partial charge in [0.05, 0.1) is 22.4 Å². The van der Waals surface area contributed by atoms with Crippen molar-refractivity contribution >= 4 is 28.4 Å². The number of fused-ring (bicyclic) bond motifs is 6. The van der Waals surface area contributed by atoms with E-state index >= 15 is 0 Å². The van der Waals surface area contributed by atoms with Gasteiger partial charge in [-0.3, -0.25) is 4.98 Å². The number of rotatable bonds is 3. The number of benzene rings is 2. The summed E-state index contributed by atoms with van der Waals surface area (Å²) in [6, 6.07) is 19.2. The van der Waals surface area contributed by atoms with E-state index in [1.54, 1.807) is 41.1 Å². The van der Waals surface area contributed by atoms with Gasteiger partial charge in [-0.1, -0.05) is 24.3 Å². The fourth-order valence-electron chi connectivity index (χ4n) is 4.68. The van der Waals surface area contributed by atoms with Gasteiger partial charge in [0.25, 0.3) is 0 Å². The van der Waals surface area contributed by atoms with Gasteiger partial charge in [0.2, 0.25) is 5.88 Å². The van der Waals surface area contributed by atoms with E-state index < -0.39 is 11.5 Å². The Hall–Kier alpha value is -4.50. The molecule has 0 spiro atoms. The topological polar surface area (TPSA) is 95.4 Å². The second-order valence-electron chi connectivity index (χ2n) is 8.34. The molecule has 2 aromatic carbocycles. The van der Waals surface area contributed by atoms with Crippen LogP contribution in [-0.4, -0.2) is 30.8 Å². The van der Waals surface area contributed by atoms with Gasteiger partial charge in [-0.2, -0.15) is 0 Å². The minimum atomic E-state index is -0.508. The maximum atomic E-state index is 13.4. The van der Waals surface area contributed by atoms with Gasteiger partial charge in [0.1, 0.15) is 11.9 Å². The van der Waals surface area contributed by atoms with Crippen LogP contribution in [0.25, 0.3) is 28.0 Å². The second kappa shape index (κ2) is 8.03. The third-order valence-corrected chi connectivity index (χ3v) is 7.09. The normalized spacial score (nSPS) is 14.4. The molecule has 174 valence electrons. The van der Waals surface area contributed by atoms with Crippen molar-refractivity contribution in [2.24, 2.45) is 0 Å². The molecular weight excluding hydrogens is 474 g/mol. The summed E-state index contributed by atoms with van der Waals surface area (Å²) in [5.41, 5.74) is 3.38. The lowest BCUT2D eigenvalue weighted by atomic mass is 9.84. The van der Waals surface area contributed by atoms with Crippen LogP contribution in [0.1, 0.15) is 22.6 Å². The summed E-state index contributed by atoms with van der Waals surface area (Å²) >= 11 is 1.66. The molecule has 9 heteroatoms. The Kier molecular flexibility index (Phi) is 4.65. The molecule has 0 amide bonds. The zero-order chi connectivity index (χ0) is 24.2. The fourth-order valence-corrected chi connectivity index (χ4v) is 5.09. The quantitative estimate of drug-likeness (QED) is 0.243. The van der Waals surface area contributed by atoms with Crippen molar-refractivity contribution in [3.05, 3.63) is 106 Å². The summed E-state index contributed by atoms with van der Waals surface area (Å²) in [4.78, 5) is 28.1. The van der Waals surface area contributed by atoms with Crippen LogP contribution in [-0.2, 0) is 0 Å². The van der Waals surface area contributed by atoms with Crippen LogP contribution < -0.4 is 10.4 Å². The molecular formula is C27H17N5O3S.